The van der Waals surface area contributed by atoms with Crippen molar-refractivity contribution in [2.45, 2.75) is 142 Å². The number of aliphatic carboxylic acids is 2. The lowest BCUT2D eigenvalue weighted by molar-refractivity contribution is -0.150. The monoisotopic (exact) mass is 427 g/mol. The maximum absolute atomic E-state index is 11.8. The molecule has 0 aromatic heterocycles. The highest BCUT2D eigenvalue weighted by Crippen LogP contribution is 2.18. The molecular formula is C25H49NO4. The normalized spacial score (nSPS) is 13.5. The lowest BCUT2D eigenvalue weighted by Crippen LogP contribution is -2.48. The van der Waals surface area contributed by atoms with E-state index in [1.165, 1.54) is 64.2 Å². The molecule has 30 heavy (non-hydrogen) atoms. The van der Waals surface area contributed by atoms with Crippen molar-refractivity contribution >= 4 is 11.9 Å². The number of likely N-dealkylation sites (N-methyl/N-ethyl adjacent to an activating group) is 1. The molecular weight excluding hydrogens is 378 g/mol. The van der Waals surface area contributed by atoms with Gasteiger partial charge in [0.05, 0.1) is 0 Å². The first-order valence-electron chi connectivity index (χ1n) is 12.6. The molecule has 178 valence electrons. The maximum atomic E-state index is 11.8. The predicted octanol–water partition coefficient (Wildman–Crippen LogP) is 6.89. The first-order valence-corrected chi connectivity index (χ1v) is 12.6. The topological polar surface area (TPSA) is 77.8 Å². The second-order valence-electron chi connectivity index (χ2n) is 8.90. The lowest BCUT2D eigenvalue weighted by atomic mass is 10.0. The fourth-order valence-electron chi connectivity index (χ4n) is 4.16. The van der Waals surface area contributed by atoms with Crippen LogP contribution in [0.4, 0.5) is 0 Å². The van der Waals surface area contributed by atoms with Gasteiger partial charge in [0.25, 0.3) is 0 Å². The standard InChI is InChI=1S/C25H49NO4/c1-4-6-8-10-12-14-16-18-20-22(24(27)28)26(3)23(25(29)30)21-19-17-15-13-11-9-7-5-2/h22-23H,4-21H2,1-3H3,(H,27,28)(H,29,30). The third kappa shape index (κ3) is 14.8. The first kappa shape index (κ1) is 28.9. The number of unbranched alkanes of at least 4 members (excludes halogenated alkanes) is 14. The molecule has 0 aromatic carbocycles. The Labute approximate surface area is 185 Å². The molecule has 0 aliphatic carbocycles. The summed E-state index contributed by atoms with van der Waals surface area (Å²) >= 11 is 0. The zero-order chi connectivity index (χ0) is 22.6. The SMILES string of the molecule is CCCCCCCCCCC(C(=O)O)N(C)C(CCCCCCCCCC)C(=O)O. The van der Waals surface area contributed by atoms with Gasteiger partial charge in [0.15, 0.2) is 0 Å². The van der Waals surface area contributed by atoms with Crippen LogP contribution in [0.2, 0.25) is 0 Å². The molecule has 0 radical (unpaired) electrons. The molecule has 0 fully saturated rings. The zero-order valence-electron chi connectivity index (χ0n) is 20.0. The van der Waals surface area contributed by atoms with Gasteiger partial charge in [0, 0.05) is 0 Å². The smallest absolute Gasteiger partial charge is 0.320 e. The van der Waals surface area contributed by atoms with Crippen molar-refractivity contribution < 1.29 is 19.8 Å². The van der Waals surface area contributed by atoms with E-state index in [1.54, 1.807) is 11.9 Å². The Morgan fingerprint density at radius 2 is 0.833 bits per heavy atom. The summed E-state index contributed by atoms with van der Waals surface area (Å²) in [6.45, 7) is 4.42. The van der Waals surface area contributed by atoms with Gasteiger partial charge in [-0.05, 0) is 19.9 Å². The third-order valence-corrected chi connectivity index (χ3v) is 6.22. The van der Waals surface area contributed by atoms with Crippen molar-refractivity contribution in [2.75, 3.05) is 7.05 Å². The molecule has 0 rings (SSSR count). The van der Waals surface area contributed by atoms with Crippen LogP contribution in [0.3, 0.4) is 0 Å². The van der Waals surface area contributed by atoms with E-state index < -0.39 is 24.0 Å². The molecule has 5 nitrogen and oxygen atoms in total. The fraction of sp³-hybridized carbons (Fsp3) is 0.920. The fourth-order valence-corrected chi connectivity index (χ4v) is 4.16. The van der Waals surface area contributed by atoms with Gasteiger partial charge >= 0.3 is 11.9 Å². The summed E-state index contributed by atoms with van der Waals surface area (Å²) in [5.41, 5.74) is 0. The first-order chi connectivity index (χ1) is 14.5. The number of rotatable bonds is 22. The van der Waals surface area contributed by atoms with Crippen LogP contribution in [0.25, 0.3) is 0 Å². The van der Waals surface area contributed by atoms with Gasteiger partial charge < -0.3 is 10.2 Å². The van der Waals surface area contributed by atoms with Gasteiger partial charge in [-0.3, -0.25) is 14.5 Å². The number of carboxylic acid groups (broad SMARTS) is 2. The van der Waals surface area contributed by atoms with Crippen molar-refractivity contribution in [2.24, 2.45) is 0 Å². The van der Waals surface area contributed by atoms with E-state index in [-0.39, 0.29) is 0 Å². The van der Waals surface area contributed by atoms with Gasteiger partial charge in [-0.1, -0.05) is 117 Å². The molecule has 5 heteroatoms. The highest BCUT2D eigenvalue weighted by molar-refractivity contribution is 5.77. The van der Waals surface area contributed by atoms with E-state index in [0.29, 0.717) is 12.8 Å². The number of hydrogen-bond donors (Lipinski definition) is 2. The quantitative estimate of drug-likeness (QED) is 0.184. The van der Waals surface area contributed by atoms with Gasteiger partial charge in [-0.15, -0.1) is 0 Å². The van der Waals surface area contributed by atoms with E-state index in [2.05, 4.69) is 13.8 Å². The highest BCUT2D eigenvalue weighted by atomic mass is 16.4. The number of nitrogens with zero attached hydrogens (tertiary/aromatic N) is 1. The number of carbonyl (C=O) groups is 2. The van der Waals surface area contributed by atoms with Crippen LogP contribution in [0, 0.1) is 0 Å². The Morgan fingerprint density at radius 1 is 0.567 bits per heavy atom. The Kier molecular flexibility index (Phi) is 19.1. The van der Waals surface area contributed by atoms with Crippen LogP contribution >= 0.6 is 0 Å². The lowest BCUT2D eigenvalue weighted by Gasteiger charge is -2.30. The number of carboxylic acids is 2. The van der Waals surface area contributed by atoms with Crippen LogP contribution in [0.1, 0.15) is 129 Å². The van der Waals surface area contributed by atoms with Crippen LogP contribution in [0.15, 0.2) is 0 Å². The van der Waals surface area contributed by atoms with Crippen LogP contribution < -0.4 is 0 Å². The highest BCUT2D eigenvalue weighted by Gasteiger charge is 2.31. The summed E-state index contributed by atoms with van der Waals surface area (Å²) in [5, 5.41) is 19.3. The average molecular weight is 428 g/mol. The molecule has 0 aliphatic rings. The van der Waals surface area contributed by atoms with Crippen molar-refractivity contribution in [1.29, 1.82) is 0 Å². The number of hydrogen-bond acceptors (Lipinski definition) is 3. The van der Waals surface area contributed by atoms with Crippen LogP contribution in [0.5, 0.6) is 0 Å². The maximum Gasteiger partial charge on any atom is 0.320 e. The second kappa shape index (κ2) is 19.8. The predicted molar refractivity (Wildman–Crippen MR) is 125 cm³/mol. The Morgan fingerprint density at radius 3 is 1.10 bits per heavy atom. The molecule has 0 aromatic rings. The molecule has 0 saturated carbocycles. The Hall–Kier alpha value is -1.10. The summed E-state index contributed by atoms with van der Waals surface area (Å²) in [6, 6.07) is -1.42. The summed E-state index contributed by atoms with van der Waals surface area (Å²) in [5.74, 6) is -1.80. The van der Waals surface area contributed by atoms with E-state index in [4.69, 9.17) is 0 Å². The molecule has 0 heterocycles. The zero-order valence-corrected chi connectivity index (χ0v) is 20.0. The largest absolute Gasteiger partial charge is 0.480 e. The van der Waals surface area contributed by atoms with Crippen LogP contribution in [-0.2, 0) is 9.59 Å². The second-order valence-corrected chi connectivity index (χ2v) is 8.90. The summed E-state index contributed by atoms with van der Waals surface area (Å²) in [7, 11) is 1.67. The summed E-state index contributed by atoms with van der Waals surface area (Å²) in [6.07, 6.45) is 19.7. The molecule has 2 N–H and O–H groups in total. The molecule has 0 spiro atoms. The Bertz CT molecular complexity index is 389. The van der Waals surface area contributed by atoms with Crippen molar-refractivity contribution in [3.05, 3.63) is 0 Å². The molecule has 0 aliphatic heterocycles. The van der Waals surface area contributed by atoms with Gasteiger partial charge in [-0.25, -0.2) is 0 Å². The third-order valence-electron chi connectivity index (χ3n) is 6.22. The Balaban J connectivity index is 4.25. The molecule has 0 amide bonds. The van der Waals surface area contributed by atoms with E-state index in [0.717, 1.165) is 38.5 Å². The van der Waals surface area contributed by atoms with Gasteiger partial charge in [-0.2, -0.15) is 0 Å². The van der Waals surface area contributed by atoms with Gasteiger partial charge in [0.1, 0.15) is 12.1 Å². The van der Waals surface area contributed by atoms with E-state index in [9.17, 15) is 19.8 Å². The molecule has 2 unspecified atom stereocenters. The van der Waals surface area contributed by atoms with Crippen LogP contribution in [-0.4, -0.2) is 46.2 Å². The van der Waals surface area contributed by atoms with Crippen molar-refractivity contribution in [3.8, 4) is 0 Å². The average Bonchev–Trinajstić information content (AvgIpc) is 2.70. The minimum absolute atomic E-state index is 0.530. The van der Waals surface area contributed by atoms with Gasteiger partial charge in [0.2, 0.25) is 0 Å². The summed E-state index contributed by atoms with van der Waals surface area (Å²) in [4.78, 5) is 25.1. The minimum atomic E-state index is -0.900. The molecule has 0 saturated heterocycles. The van der Waals surface area contributed by atoms with Crippen molar-refractivity contribution in [3.63, 3.8) is 0 Å². The minimum Gasteiger partial charge on any atom is -0.480 e. The molecule has 2 atom stereocenters. The summed E-state index contributed by atoms with van der Waals surface area (Å²) < 4.78 is 0. The van der Waals surface area contributed by atoms with E-state index >= 15 is 0 Å². The van der Waals surface area contributed by atoms with E-state index in [1.807, 2.05) is 0 Å². The van der Waals surface area contributed by atoms with Crippen molar-refractivity contribution in [1.82, 2.24) is 4.90 Å². The molecule has 0 bridgehead atoms.